The van der Waals surface area contributed by atoms with Crippen molar-refractivity contribution in [1.82, 2.24) is 0 Å². The topological polar surface area (TPSA) is 0 Å². The van der Waals surface area contributed by atoms with Crippen molar-refractivity contribution in [3.05, 3.63) is 70.8 Å². The van der Waals surface area contributed by atoms with Gasteiger partial charge in [0.2, 0.25) is 0 Å². The molecule has 2 aromatic rings. The van der Waals surface area contributed by atoms with Gasteiger partial charge >= 0.3 is 0 Å². The zero-order valence-corrected chi connectivity index (χ0v) is 13.0. The molecule has 0 spiro atoms. The highest BCUT2D eigenvalue weighted by Gasteiger charge is 2.11. The second-order valence-corrected chi connectivity index (χ2v) is 5.81. The largest absolute Gasteiger partial charge is 0.204 e. The fourth-order valence-electron chi connectivity index (χ4n) is 2.35. The van der Waals surface area contributed by atoms with Crippen LogP contribution < -0.4 is 0 Å². The van der Waals surface area contributed by atoms with Crippen LogP contribution in [0.2, 0.25) is 0 Å². The summed E-state index contributed by atoms with van der Waals surface area (Å²) in [7, 11) is 0. The van der Waals surface area contributed by atoms with Crippen LogP contribution in [0.4, 0.5) is 8.78 Å². The summed E-state index contributed by atoms with van der Waals surface area (Å²) in [6.07, 6.45) is 1.66. The van der Waals surface area contributed by atoms with Crippen molar-refractivity contribution in [3.8, 4) is 0 Å². The molecule has 0 nitrogen and oxygen atoms in total. The summed E-state index contributed by atoms with van der Waals surface area (Å²) in [5.74, 6) is -1.20. The summed E-state index contributed by atoms with van der Waals surface area (Å²) >= 11 is 3.51. The van der Waals surface area contributed by atoms with Crippen LogP contribution in [0.25, 0.3) is 0 Å². The van der Waals surface area contributed by atoms with E-state index in [0.29, 0.717) is 5.92 Å². The normalized spacial score (nSPS) is 12.4. The molecule has 0 N–H and O–H groups in total. The van der Waals surface area contributed by atoms with Crippen LogP contribution in [-0.4, -0.2) is 5.33 Å². The third-order valence-electron chi connectivity index (χ3n) is 3.33. The molecule has 0 aliphatic rings. The molecule has 0 aliphatic heterocycles. The van der Waals surface area contributed by atoms with Crippen molar-refractivity contribution >= 4 is 15.9 Å². The Morgan fingerprint density at radius 3 is 2.25 bits per heavy atom. The predicted octanol–water partition coefficient (Wildman–Crippen LogP) is 5.07. The van der Waals surface area contributed by atoms with Crippen molar-refractivity contribution in [2.24, 2.45) is 5.92 Å². The average Bonchev–Trinajstić information content (AvgIpc) is 2.42. The molecule has 3 heteroatoms. The Hall–Kier alpha value is -1.22. The zero-order valence-electron chi connectivity index (χ0n) is 11.4. The summed E-state index contributed by atoms with van der Waals surface area (Å²) in [6, 6.07) is 12.5. The first-order valence-corrected chi connectivity index (χ1v) is 7.76. The van der Waals surface area contributed by atoms with Gasteiger partial charge in [0.25, 0.3) is 0 Å². The van der Waals surface area contributed by atoms with Crippen LogP contribution in [0.1, 0.15) is 16.7 Å². The first-order chi connectivity index (χ1) is 9.58. The van der Waals surface area contributed by atoms with Crippen LogP contribution >= 0.6 is 15.9 Å². The summed E-state index contributed by atoms with van der Waals surface area (Å²) in [4.78, 5) is 0. The van der Waals surface area contributed by atoms with E-state index in [1.165, 1.54) is 23.3 Å². The quantitative estimate of drug-likeness (QED) is 0.667. The zero-order chi connectivity index (χ0) is 14.5. The van der Waals surface area contributed by atoms with Crippen molar-refractivity contribution in [2.45, 2.75) is 19.8 Å². The Bertz CT molecular complexity index is 581. The molecule has 0 bridgehead atoms. The first-order valence-electron chi connectivity index (χ1n) is 6.64. The van der Waals surface area contributed by atoms with E-state index < -0.39 is 11.6 Å². The molecule has 0 amide bonds. The minimum Gasteiger partial charge on any atom is -0.204 e. The van der Waals surface area contributed by atoms with E-state index in [0.717, 1.165) is 23.7 Å². The highest BCUT2D eigenvalue weighted by Crippen LogP contribution is 2.19. The standard InChI is InChI=1S/C17H17BrF2/c1-12-3-2-4-13(7-12)8-15(11-18)9-14-5-6-16(19)17(20)10-14/h2-7,10,15H,8-9,11H2,1H3. The summed E-state index contributed by atoms with van der Waals surface area (Å²) in [5.41, 5.74) is 3.35. The third-order valence-corrected chi connectivity index (χ3v) is 4.25. The monoisotopic (exact) mass is 338 g/mol. The lowest BCUT2D eigenvalue weighted by Crippen LogP contribution is -2.10. The minimum absolute atomic E-state index is 0.363. The lowest BCUT2D eigenvalue weighted by atomic mass is 9.93. The minimum atomic E-state index is -0.789. The Morgan fingerprint density at radius 2 is 1.65 bits per heavy atom. The summed E-state index contributed by atoms with van der Waals surface area (Å²) < 4.78 is 26.2. The molecule has 2 rings (SSSR count). The summed E-state index contributed by atoms with van der Waals surface area (Å²) in [5, 5.41) is 0.833. The number of alkyl halides is 1. The van der Waals surface area contributed by atoms with Crippen LogP contribution in [-0.2, 0) is 12.8 Å². The van der Waals surface area contributed by atoms with E-state index in [-0.39, 0.29) is 0 Å². The number of benzene rings is 2. The lowest BCUT2D eigenvalue weighted by molar-refractivity contribution is 0.504. The van der Waals surface area contributed by atoms with Gasteiger partial charge in [0, 0.05) is 5.33 Å². The predicted molar refractivity (Wildman–Crippen MR) is 82.2 cm³/mol. The second-order valence-electron chi connectivity index (χ2n) is 5.17. The van der Waals surface area contributed by atoms with Crippen molar-refractivity contribution in [1.29, 1.82) is 0 Å². The third kappa shape index (κ3) is 4.14. The summed E-state index contributed by atoms with van der Waals surface area (Å²) in [6.45, 7) is 2.07. The van der Waals surface area contributed by atoms with Gasteiger partial charge in [-0.3, -0.25) is 0 Å². The average molecular weight is 339 g/mol. The fraction of sp³-hybridized carbons (Fsp3) is 0.294. The molecule has 0 fully saturated rings. The molecule has 1 atom stereocenters. The van der Waals surface area contributed by atoms with Gasteiger partial charge in [-0.05, 0) is 48.9 Å². The molecule has 0 aliphatic carbocycles. The highest BCUT2D eigenvalue weighted by atomic mass is 79.9. The van der Waals surface area contributed by atoms with Crippen molar-refractivity contribution in [3.63, 3.8) is 0 Å². The van der Waals surface area contributed by atoms with E-state index >= 15 is 0 Å². The molecule has 106 valence electrons. The van der Waals surface area contributed by atoms with Crippen molar-refractivity contribution < 1.29 is 8.78 Å². The Morgan fingerprint density at radius 1 is 0.950 bits per heavy atom. The maximum absolute atomic E-state index is 13.2. The van der Waals surface area contributed by atoms with Crippen LogP contribution in [0, 0.1) is 24.5 Å². The van der Waals surface area contributed by atoms with Crippen LogP contribution in [0.3, 0.4) is 0 Å². The van der Waals surface area contributed by atoms with Gasteiger partial charge < -0.3 is 0 Å². The lowest BCUT2D eigenvalue weighted by Gasteiger charge is -2.15. The SMILES string of the molecule is Cc1cccc(CC(CBr)Cc2ccc(F)c(F)c2)c1. The van der Waals surface area contributed by atoms with Gasteiger partial charge in [-0.1, -0.05) is 51.8 Å². The molecular formula is C17H17BrF2. The first kappa shape index (κ1) is 15.2. The molecule has 2 aromatic carbocycles. The van der Waals surface area contributed by atoms with Crippen LogP contribution in [0.15, 0.2) is 42.5 Å². The Balaban J connectivity index is 2.07. The van der Waals surface area contributed by atoms with E-state index in [2.05, 4.69) is 41.1 Å². The maximum atomic E-state index is 13.2. The molecule has 0 aromatic heterocycles. The molecule has 0 saturated carbocycles. The number of aryl methyl sites for hydroxylation is 1. The van der Waals surface area contributed by atoms with E-state index in [4.69, 9.17) is 0 Å². The molecule has 0 heterocycles. The van der Waals surface area contributed by atoms with Gasteiger partial charge in [-0.2, -0.15) is 0 Å². The van der Waals surface area contributed by atoms with Crippen molar-refractivity contribution in [2.75, 3.05) is 5.33 Å². The smallest absolute Gasteiger partial charge is 0.159 e. The highest BCUT2D eigenvalue weighted by molar-refractivity contribution is 9.09. The van der Waals surface area contributed by atoms with E-state index in [1.807, 2.05) is 6.07 Å². The Kier molecular flexibility index (Phi) is 5.30. The molecule has 20 heavy (non-hydrogen) atoms. The maximum Gasteiger partial charge on any atom is 0.159 e. The van der Waals surface area contributed by atoms with Gasteiger partial charge in [-0.15, -0.1) is 0 Å². The molecule has 0 saturated heterocycles. The number of rotatable bonds is 5. The van der Waals surface area contributed by atoms with Crippen LogP contribution in [0.5, 0.6) is 0 Å². The van der Waals surface area contributed by atoms with E-state index in [9.17, 15) is 8.78 Å². The van der Waals surface area contributed by atoms with Gasteiger partial charge in [0.1, 0.15) is 0 Å². The van der Waals surface area contributed by atoms with Gasteiger partial charge in [0.15, 0.2) is 11.6 Å². The number of hydrogen-bond donors (Lipinski definition) is 0. The number of halogens is 3. The van der Waals surface area contributed by atoms with Gasteiger partial charge in [0.05, 0.1) is 0 Å². The molecule has 0 radical (unpaired) electrons. The van der Waals surface area contributed by atoms with Gasteiger partial charge in [-0.25, -0.2) is 8.78 Å². The molecule has 1 unspecified atom stereocenters. The van der Waals surface area contributed by atoms with E-state index in [1.54, 1.807) is 6.07 Å². The fourth-order valence-corrected chi connectivity index (χ4v) is 2.81. The Labute approximate surface area is 127 Å². The second kappa shape index (κ2) is 6.98. The molecular weight excluding hydrogens is 322 g/mol. The number of hydrogen-bond acceptors (Lipinski definition) is 0.